The number of ether oxygens (including phenoxy) is 2. The number of fused-ring (bicyclic) bond motifs is 3. The summed E-state index contributed by atoms with van der Waals surface area (Å²) in [7, 11) is 1.31. The number of anilines is 2. The molecule has 9 nitrogen and oxygen atoms in total. The van der Waals surface area contributed by atoms with Crippen LogP contribution >= 0.6 is 0 Å². The third-order valence-electron chi connectivity index (χ3n) is 8.23. The number of carbonyl (C=O) groups excluding carboxylic acids is 4. The van der Waals surface area contributed by atoms with Crippen LogP contribution in [0.25, 0.3) is 10.8 Å². The molecule has 45 heavy (non-hydrogen) atoms. The molecule has 2 atom stereocenters. The van der Waals surface area contributed by atoms with E-state index < -0.39 is 41.6 Å². The van der Waals surface area contributed by atoms with Gasteiger partial charge in [-0.2, -0.15) is 0 Å². The van der Waals surface area contributed by atoms with Crippen molar-refractivity contribution in [3.05, 3.63) is 107 Å². The summed E-state index contributed by atoms with van der Waals surface area (Å²) in [5, 5.41) is 4.59. The molecule has 2 heterocycles. The standard InChI is InChI=1S/C36H35N3O6/c1-36(2,3)45-35(43)39-29-16-10-9-14-25(29)20-30(39)32(40)37-28-18-23-12-6-5-11-22(23)17-27(28)33(41)38-21-26-15-8-7-13-24(26)19-31(38)34(42)44-4/h5-18,30-31H,19-21H2,1-4H3,(H,37,40)/t30-,31-/m1/s1. The Labute approximate surface area is 261 Å². The number of hydrogen-bond acceptors (Lipinski definition) is 6. The molecule has 9 heteroatoms. The molecule has 0 aromatic heterocycles. The van der Waals surface area contributed by atoms with Crippen LogP contribution in [0.2, 0.25) is 0 Å². The minimum absolute atomic E-state index is 0.208. The number of esters is 1. The summed E-state index contributed by atoms with van der Waals surface area (Å²) < 4.78 is 10.8. The molecule has 0 saturated carbocycles. The summed E-state index contributed by atoms with van der Waals surface area (Å²) >= 11 is 0. The van der Waals surface area contributed by atoms with Gasteiger partial charge in [0.2, 0.25) is 5.91 Å². The lowest BCUT2D eigenvalue weighted by molar-refractivity contribution is -0.146. The van der Waals surface area contributed by atoms with Gasteiger partial charge in [0.05, 0.1) is 24.0 Å². The molecule has 2 aliphatic rings. The first-order valence-electron chi connectivity index (χ1n) is 14.9. The topological polar surface area (TPSA) is 105 Å². The van der Waals surface area contributed by atoms with Crippen molar-refractivity contribution in [2.75, 3.05) is 17.3 Å². The van der Waals surface area contributed by atoms with Crippen LogP contribution in [0.3, 0.4) is 0 Å². The second-order valence-corrected chi connectivity index (χ2v) is 12.4. The maximum atomic E-state index is 14.4. The Morgan fingerprint density at radius 1 is 0.778 bits per heavy atom. The molecule has 4 aromatic carbocycles. The van der Waals surface area contributed by atoms with E-state index in [1.54, 1.807) is 39.0 Å². The monoisotopic (exact) mass is 605 g/mol. The van der Waals surface area contributed by atoms with Crippen molar-refractivity contribution in [3.8, 4) is 0 Å². The highest BCUT2D eigenvalue weighted by Gasteiger charge is 2.41. The van der Waals surface area contributed by atoms with E-state index >= 15 is 0 Å². The smallest absolute Gasteiger partial charge is 0.415 e. The Bertz CT molecular complexity index is 1830. The molecule has 4 aromatic rings. The fourth-order valence-electron chi connectivity index (χ4n) is 6.11. The molecule has 6 rings (SSSR count). The number of benzene rings is 4. The van der Waals surface area contributed by atoms with Crippen molar-refractivity contribution in [2.45, 2.75) is 57.8 Å². The molecule has 0 fully saturated rings. The molecule has 0 unspecified atom stereocenters. The van der Waals surface area contributed by atoms with Gasteiger partial charge >= 0.3 is 12.1 Å². The van der Waals surface area contributed by atoms with Crippen molar-refractivity contribution in [3.63, 3.8) is 0 Å². The normalized spacial score (nSPS) is 17.3. The first-order chi connectivity index (χ1) is 21.5. The molecule has 3 amide bonds. The summed E-state index contributed by atoms with van der Waals surface area (Å²) in [5.41, 5.74) is 3.11. The number of nitrogens with zero attached hydrogens (tertiary/aromatic N) is 2. The first kappa shape index (κ1) is 29.9. The Balaban J connectivity index is 1.38. The molecule has 2 aliphatic heterocycles. The minimum Gasteiger partial charge on any atom is -0.467 e. The highest BCUT2D eigenvalue weighted by Crippen LogP contribution is 2.35. The van der Waals surface area contributed by atoms with Gasteiger partial charge in [0.1, 0.15) is 17.7 Å². The molecule has 0 radical (unpaired) electrons. The molecule has 0 bridgehead atoms. The van der Waals surface area contributed by atoms with Crippen molar-refractivity contribution in [1.29, 1.82) is 0 Å². The number of amides is 3. The van der Waals surface area contributed by atoms with Gasteiger partial charge < -0.3 is 19.7 Å². The van der Waals surface area contributed by atoms with Gasteiger partial charge in [-0.05, 0) is 66.4 Å². The van der Waals surface area contributed by atoms with Crippen LogP contribution in [-0.4, -0.2) is 53.6 Å². The van der Waals surface area contributed by atoms with Gasteiger partial charge in [0.15, 0.2) is 0 Å². The molecule has 0 spiro atoms. The van der Waals surface area contributed by atoms with Gasteiger partial charge in [-0.15, -0.1) is 0 Å². The Morgan fingerprint density at radius 2 is 1.38 bits per heavy atom. The maximum Gasteiger partial charge on any atom is 0.415 e. The van der Waals surface area contributed by atoms with Crippen LogP contribution < -0.4 is 10.2 Å². The second kappa shape index (κ2) is 11.7. The predicted molar refractivity (Wildman–Crippen MR) is 171 cm³/mol. The van der Waals surface area contributed by atoms with Crippen LogP contribution in [0.15, 0.2) is 84.9 Å². The average molecular weight is 606 g/mol. The van der Waals surface area contributed by atoms with Crippen LogP contribution in [-0.2, 0) is 38.4 Å². The summed E-state index contributed by atoms with van der Waals surface area (Å²) in [5.74, 6) is -1.39. The molecule has 0 aliphatic carbocycles. The summed E-state index contributed by atoms with van der Waals surface area (Å²) in [6.45, 7) is 5.53. The zero-order valence-corrected chi connectivity index (χ0v) is 25.7. The van der Waals surface area contributed by atoms with E-state index in [-0.39, 0.29) is 24.2 Å². The SMILES string of the molecule is COC(=O)[C@H]1Cc2ccccc2CN1C(=O)c1cc2ccccc2cc1NC(=O)[C@H]1Cc2ccccc2N1C(=O)OC(C)(C)C. The Kier molecular flexibility index (Phi) is 7.78. The van der Waals surface area contributed by atoms with E-state index in [0.717, 1.165) is 27.5 Å². The van der Waals surface area contributed by atoms with Gasteiger partial charge in [-0.3, -0.25) is 14.5 Å². The fourth-order valence-corrected chi connectivity index (χ4v) is 6.11. The zero-order valence-electron chi connectivity index (χ0n) is 25.7. The number of carbonyl (C=O) groups is 4. The van der Waals surface area contributed by atoms with E-state index in [9.17, 15) is 19.2 Å². The molecule has 1 N–H and O–H groups in total. The lowest BCUT2D eigenvalue weighted by Crippen LogP contribution is -2.49. The quantitative estimate of drug-likeness (QED) is 0.291. The molecular formula is C36H35N3O6. The van der Waals surface area contributed by atoms with E-state index in [2.05, 4.69) is 5.32 Å². The number of para-hydroxylation sites is 1. The predicted octanol–water partition coefficient (Wildman–Crippen LogP) is 5.88. The van der Waals surface area contributed by atoms with Crippen LogP contribution in [0.5, 0.6) is 0 Å². The van der Waals surface area contributed by atoms with Gasteiger partial charge in [-0.1, -0.05) is 66.7 Å². The van der Waals surface area contributed by atoms with Gasteiger partial charge in [-0.25, -0.2) is 9.59 Å². The molecule has 230 valence electrons. The number of rotatable bonds is 4. The molecule has 0 saturated heterocycles. The number of nitrogens with one attached hydrogen (secondary N) is 1. The third kappa shape index (κ3) is 5.85. The Morgan fingerprint density at radius 3 is 2.07 bits per heavy atom. The number of methoxy groups -OCH3 is 1. The van der Waals surface area contributed by atoms with Crippen molar-refractivity contribution < 1.29 is 28.7 Å². The highest BCUT2D eigenvalue weighted by atomic mass is 16.6. The summed E-state index contributed by atoms with van der Waals surface area (Å²) in [4.78, 5) is 57.7. The summed E-state index contributed by atoms with van der Waals surface area (Å²) in [6.07, 6.45) is -0.0316. The van der Waals surface area contributed by atoms with Crippen molar-refractivity contribution >= 4 is 46.0 Å². The maximum absolute atomic E-state index is 14.4. The van der Waals surface area contributed by atoms with Gasteiger partial charge in [0.25, 0.3) is 5.91 Å². The number of hydrogen-bond donors (Lipinski definition) is 1. The minimum atomic E-state index is -0.906. The lowest BCUT2D eigenvalue weighted by Gasteiger charge is -2.35. The zero-order chi connectivity index (χ0) is 31.9. The van der Waals surface area contributed by atoms with Crippen molar-refractivity contribution in [1.82, 2.24) is 4.90 Å². The Hall–Kier alpha value is -5.18. The third-order valence-corrected chi connectivity index (χ3v) is 8.23. The molecular weight excluding hydrogens is 570 g/mol. The van der Waals surface area contributed by atoms with Crippen molar-refractivity contribution in [2.24, 2.45) is 0 Å². The first-order valence-corrected chi connectivity index (χ1v) is 14.9. The van der Waals surface area contributed by atoms with Crippen LogP contribution in [0.4, 0.5) is 16.2 Å². The highest BCUT2D eigenvalue weighted by molar-refractivity contribution is 6.11. The summed E-state index contributed by atoms with van der Waals surface area (Å²) in [6, 6.07) is 24.3. The van der Waals surface area contributed by atoms with E-state index in [1.807, 2.05) is 66.7 Å². The van der Waals surface area contributed by atoms with E-state index in [4.69, 9.17) is 9.47 Å². The van der Waals surface area contributed by atoms with Gasteiger partial charge in [0, 0.05) is 19.4 Å². The largest absolute Gasteiger partial charge is 0.467 e. The second-order valence-electron chi connectivity index (χ2n) is 12.4. The van der Waals surface area contributed by atoms with Crippen LogP contribution in [0, 0.1) is 0 Å². The van der Waals surface area contributed by atoms with Crippen LogP contribution in [0.1, 0.15) is 47.8 Å². The lowest BCUT2D eigenvalue weighted by atomic mass is 9.92. The average Bonchev–Trinajstić information content (AvgIpc) is 3.42. The fraction of sp³-hybridized carbons (Fsp3) is 0.278. The van der Waals surface area contributed by atoms with E-state index in [0.29, 0.717) is 12.1 Å². The van der Waals surface area contributed by atoms with E-state index in [1.165, 1.54) is 16.9 Å².